The van der Waals surface area contributed by atoms with Gasteiger partial charge in [-0.1, -0.05) is 18.2 Å². The van der Waals surface area contributed by atoms with Crippen LogP contribution in [0.15, 0.2) is 30.5 Å². The predicted molar refractivity (Wildman–Crippen MR) is 105 cm³/mol. The number of likely N-dealkylation sites (tertiary alicyclic amines) is 1. The molecule has 1 saturated carbocycles. The molecule has 1 unspecified atom stereocenters. The van der Waals surface area contributed by atoms with Crippen molar-refractivity contribution in [2.45, 2.75) is 46.3 Å². The lowest BCUT2D eigenvalue weighted by Crippen LogP contribution is -2.34. The van der Waals surface area contributed by atoms with Crippen LogP contribution in [0.3, 0.4) is 0 Å². The Kier molecular flexibility index (Phi) is 5.06. The van der Waals surface area contributed by atoms with E-state index in [1.165, 1.54) is 28.3 Å². The van der Waals surface area contributed by atoms with Gasteiger partial charge in [-0.3, -0.25) is 4.79 Å². The number of aromatic nitrogens is 2. The van der Waals surface area contributed by atoms with Gasteiger partial charge in [-0.25, -0.2) is 4.79 Å². The molecule has 1 saturated heterocycles. The van der Waals surface area contributed by atoms with Crippen molar-refractivity contribution in [3.8, 4) is 0 Å². The van der Waals surface area contributed by atoms with Crippen molar-refractivity contribution in [2.24, 2.45) is 11.8 Å². The molecule has 1 aliphatic carbocycles. The van der Waals surface area contributed by atoms with Crippen molar-refractivity contribution in [1.82, 2.24) is 14.7 Å². The van der Waals surface area contributed by atoms with Crippen molar-refractivity contribution in [3.63, 3.8) is 0 Å². The highest BCUT2D eigenvalue weighted by Gasteiger charge is 2.43. The van der Waals surface area contributed by atoms with Gasteiger partial charge in [0, 0.05) is 26.2 Å². The molecule has 0 spiro atoms. The number of hydrogen-bond donors (Lipinski definition) is 0. The number of fused-ring (bicyclic) bond motifs is 1. The number of nitrogens with zero attached hydrogens (tertiary/aromatic N) is 3. The van der Waals surface area contributed by atoms with Crippen molar-refractivity contribution in [2.75, 3.05) is 13.1 Å². The van der Waals surface area contributed by atoms with Crippen LogP contribution in [0.25, 0.3) is 0 Å². The van der Waals surface area contributed by atoms with Crippen molar-refractivity contribution < 1.29 is 14.3 Å². The fourth-order valence-electron chi connectivity index (χ4n) is 4.41. The first-order valence-corrected chi connectivity index (χ1v) is 9.94. The molecular weight excluding hydrogens is 354 g/mol. The lowest BCUT2D eigenvalue weighted by atomic mass is 10.0. The number of aryl methyl sites for hydroxylation is 2. The van der Waals surface area contributed by atoms with E-state index in [9.17, 15) is 9.59 Å². The van der Waals surface area contributed by atoms with E-state index in [0.717, 1.165) is 25.9 Å². The Morgan fingerprint density at radius 2 is 1.82 bits per heavy atom. The van der Waals surface area contributed by atoms with E-state index in [4.69, 9.17) is 4.74 Å². The number of carbonyl (C=O) groups excluding carboxylic acids is 2. The highest BCUT2D eigenvalue weighted by Crippen LogP contribution is 2.39. The van der Waals surface area contributed by atoms with Crippen LogP contribution in [0.4, 0.5) is 4.79 Å². The molecule has 4 rings (SSSR count). The summed E-state index contributed by atoms with van der Waals surface area (Å²) < 4.78 is 7.46. The maximum atomic E-state index is 12.6. The van der Waals surface area contributed by atoms with Gasteiger partial charge in [0.2, 0.25) is 0 Å². The van der Waals surface area contributed by atoms with Crippen LogP contribution in [0.1, 0.15) is 46.9 Å². The molecule has 28 heavy (non-hydrogen) atoms. The second-order valence-corrected chi connectivity index (χ2v) is 8.23. The molecule has 1 aromatic carbocycles. The van der Waals surface area contributed by atoms with E-state index in [1.807, 2.05) is 4.90 Å². The monoisotopic (exact) mass is 381 g/mol. The Balaban J connectivity index is 1.29. The number of ketones is 1. The Hall–Kier alpha value is -2.47. The molecule has 6 nitrogen and oxygen atoms in total. The fraction of sp³-hybridized carbons (Fsp3) is 0.500. The van der Waals surface area contributed by atoms with E-state index < -0.39 is 0 Å². The van der Waals surface area contributed by atoms with E-state index in [0.29, 0.717) is 24.1 Å². The third-order valence-corrected chi connectivity index (χ3v) is 6.18. The minimum absolute atomic E-state index is 0.131. The molecule has 6 heteroatoms. The predicted octanol–water partition coefficient (Wildman–Crippen LogP) is 3.60. The summed E-state index contributed by atoms with van der Waals surface area (Å²) in [4.78, 5) is 25.9. The normalized spacial score (nSPS) is 23.8. The Bertz CT molecular complexity index is 890. The average Bonchev–Trinajstić information content (AvgIpc) is 3.36. The third kappa shape index (κ3) is 3.74. The van der Waals surface area contributed by atoms with Gasteiger partial charge in [-0.15, -0.1) is 0 Å². The number of carbonyl (C=O) groups is 2. The fourth-order valence-corrected chi connectivity index (χ4v) is 4.41. The zero-order valence-corrected chi connectivity index (χ0v) is 16.7. The zero-order chi connectivity index (χ0) is 19.8. The molecule has 1 amide bonds. The minimum Gasteiger partial charge on any atom is -0.374 e. The van der Waals surface area contributed by atoms with E-state index in [-0.39, 0.29) is 17.9 Å². The minimum atomic E-state index is -0.144. The maximum Gasteiger partial charge on any atom is 0.344 e. The quantitative estimate of drug-likeness (QED) is 0.759. The second kappa shape index (κ2) is 7.51. The van der Waals surface area contributed by atoms with Gasteiger partial charge < -0.3 is 9.64 Å². The molecule has 148 valence electrons. The number of hydrogen-bond acceptors (Lipinski definition) is 4. The summed E-state index contributed by atoms with van der Waals surface area (Å²) in [7, 11) is 0. The summed E-state index contributed by atoms with van der Waals surface area (Å²) in [6, 6.07) is 7.93. The molecule has 3 atom stereocenters. The third-order valence-electron chi connectivity index (χ3n) is 6.18. The van der Waals surface area contributed by atoms with Crippen molar-refractivity contribution >= 4 is 11.8 Å². The van der Waals surface area contributed by atoms with Gasteiger partial charge in [-0.05, 0) is 61.3 Å². The molecule has 1 aliphatic heterocycles. The van der Waals surface area contributed by atoms with Gasteiger partial charge in [0.15, 0.2) is 5.78 Å². The lowest BCUT2D eigenvalue weighted by molar-refractivity contribution is 0.0383. The second-order valence-electron chi connectivity index (χ2n) is 8.23. The van der Waals surface area contributed by atoms with Gasteiger partial charge in [-0.2, -0.15) is 9.78 Å². The van der Waals surface area contributed by atoms with Gasteiger partial charge in [0.25, 0.3) is 0 Å². The lowest BCUT2D eigenvalue weighted by Gasteiger charge is -2.19. The number of Topliss-reactive ketones (excluding diaryl/α,β-unsaturated/α-hetero) is 1. The molecule has 2 heterocycles. The van der Waals surface area contributed by atoms with Crippen molar-refractivity contribution in [3.05, 3.63) is 52.8 Å². The van der Waals surface area contributed by atoms with Crippen LogP contribution >= 0.6 is 0 Å². The summed E-state index contributed by atoms with van der Waals surface area (Å²) in [6.07, 6.45) is 3.83. The number of ether oxygens (including phenoxy) is 1. The molecule has 2 aromatic rings. The summed E-state index contributed by atoms with van der Waals surface area (Å²) >= 11 is 0. The molecule has 2 aliphatic rings. The van der Waals surface area contributed by atoms with Crippen molar-refractivity contribution in [1.29, 1.82) is 0 Å². The molecule has 0 N–H and O–H groups in total. The SMILES string of the molecule is CC(=O)c1ccn(C(=O)N2C[C@H]3CC(OCc4ccc(C)c(C)c4)C[C@H]3C2)n1. The first-order valence-electron chi connectivity index (χ1n) is 9.94. The topological polar surface area (TPSA) is 64.4 Å². The van der Waals surface area contributed by atoms with Crippen LogP contribution in [0.5, 0.6) is 0 Å². The largest absolute Gasteiger partial charge is 0.374 e. The Morgan fingerprint density at radius 3 is 2.43 bits per heavy atom. The number of rotatable bonds is 4. The maximum absolute atomic E-state index is 12.6. The molecule has 0 bridgehead atoms. The van der Waals surface area contributed by atoms with Gasteiger partial charge in [0.1, 0.15) is 5.69 Å². The van der Waals surface area contributed by atoms with E-state index >= 15 is 0 Å². The smallest absolute Gasteiger partial charge is 0.344 e. The molecule has 2 fully saturated rings. The van der Waals surface area contributed by atoms with E-state index in [1.54, 1.807) is 12.3 Å². The summed E-state index contributed by atoms with van der Waals surface area (Å²) in [5, 5.41) is 4.09. The van der Waals surface area contributed by atoms with Crippen LogP contribution < -0.4 is 0 Å². The first kappa shape index (κ1) is 18.9. The Morgan fingerprint density at radius 1 is 1.11 bits per heavy atom. The van der Waals surface area contributed by atoms with Crippen LogP contribution in [0, 0.1) is 25.7 Å². The molecular formula is C22H27N3O3. The zero-order valence-electron chi connectivity index (χ0n) is 16.7. The first-order chi connectivity index (χ1) is 13.4. The highest BCUT2D eigenvalue weighted by atomic mass is 16.5. The average molecular weight is 381 g/mol. The van der Waals surface area contributed by atoms with Crippen LogP contribution in [-0.2, 0) is 11.3 Å². The summed E-state index contributed by atoms with van der Waals surface area (Å²) in [5.41, 5.74) is 4.14. The number of amides is 1. The standard InChI is InChI=1S/C22H27N3O3/c1-14-4-5-17(8-15(14)2)13-28-20-9-18-11-24(12-19(18)10-20)22(27)25-7-6-21(23-25)16(3)26/h4-8,18-20H,9-13H2,1-3H3/t18-,19+,20?. The number of benzene rings is 1. The van der Waals surface area contributed by atoms with Crippen LogP contribution in [-0.4, -0.2) is 45.7 Å². The van der Waals surface area contributed by atoms with Crippen LogP contribution in [0.2, 0.25) is 0 Å². The molecule has 1 aromatic heterocycles. The van der Waals surface area contributed by atoms with Gasteiger partial charge >= 0.3 is 6.03 Å². The Labute approximate surface area is 165 Å². The summed E-state index contributed by atoms with van der Waals surface area (Å²) in [5.74, 6) is 0.835. The van der Waals surface area contributed by atoms with Gasteiger partial charge in [0.05, 0.1) is 12.7 Å². The molecule has 0 radical (unpaired) electrons. The van der Waals surface area contributed by atoms with E-state index in [2.05, 4.69) is 37.1 Å². The summed E-state index contributed by atoms with van der Waals surface area (Å²) in [6.45, 7) is 7.83. The highest BCUT2D eigenvalue weighted by molar-refractivity contribution is 5.92.